The van der Waals surface area contributed by atoms with Crippen LogP contribution in [0.3, 0.4) is 0 Å². The normalized spacial score (nSPS) is 20.2. The monoisotopic (exact) mass is 293 g/mol. The van der Waals surface area contributed by atoms with E-state index in [1.165, 1.54) is 0 Å². The van der Waals surface area contributed by atoms with Crippen molar-refractivity contribution in [2.24, 2.45) is 0 Å². The van der Waals surface area contributed by atoms with Crippen molar-refractivity contribution < 1.29 is 13.5 Å². The van der Waals surface area contributed by atoms with E-state index in [9.17, 15) is 8.42 Å². The minimum absolute atomic E-state index is 0.0209. The van der Waals surface area contributed by atoms with Crippen molar-refractivity contribution in [1.82, 2.24) is 4.31 Å². The van der Waals surface area contributed by atoms with Gasteiger partial charge in [0.25, 0.3) is 0 Å². The first-order chi connectivity index (χ1) is 9.57. The maximum absolute atomic E-state index is 12.8. The fourth-order valence-electron chi connectivity index (χ4n) is 2.48. The zero-order valence-electron chi connectivity index (χ0n) is 11.5. The topological polar surface area (TPSA) is 57.6 Å². The second-order valence-electron chi connectivity index (χ2n) is 4.92. The molecule has 1 fully saturated rings. The molecule has 0 spiro atoms. The molecular weight excluding hydrogens is 274 g/mol. The van der Waals surface area contributed by atoms with Gasteiger partial charge in [0, 0.05) is 18.2 Å². The van der Waals surface area contributed by atoms with Crippen LogP contribution in [0.1, 0.15) is 31.7 Å². The van der Waals surface area contributed by atoms with Gasteiger partial charge >= 0.3 is 0 Å². The summed E-state index contributed by atoms with van der Waals surface area (Å²) in [6, 6.07) is 6.72. The molecule has 1 unspecified atom stereocenters. The highest BCUT2D eigenvalue weighted by Gasteiger charge is 2.32. The molecule has 1 aliphatic heterocycles. The van der Waals surface area contributed by atoms with Gasteiger partial charge in [-0.05, 0) is 31.9 Å². The summed E-state index contributed by atoms with van der Waals surface area (Å²) in [5.41, 5.74) is 0.444. The number of hydrogen-bond acceptors (Lipinski definition) is 3. The van der Waals surface area contributed by atoms with Gasteiger partial charge in [-0.15, -0.1) is 0 Å². The Balaban J connectivity index is 2.44. The Hall–Kier alpha value is -1.35. The smallest absolute Gasteiger partial charge is 0.244 e. The van der Waals surface area contributed by atoms with E-state index in [1.807, 2.05) is 6.92 Å². The van der Waals surface area contributed by atoms with E-state index in [4.69, 9.17) is 5.11 Å². The maximum atomic E-state index is 12.8. The summed E-state index contributed by atoms with van der Waals surface area (Å²) in [6.07, 6.45) is 2.86. The molecule has 5 heteroatoms. The molecule has 20 heavy (non-hydrogen) atoms. The fourth-order valence-corrected chi connectivity index (χ4v) is 4.33. The highest BCUT2D eigenvalue weighted by molar-refractivity contribution is 7.89. The van der Waals surface area contributed by atoms with Crippen molar-refractivity contribution in [3.63, 3.8) is 0 Å². The van der Waals surface area contributed by atoms with Crippen LogP contribution in [-0.4, -0.2) is 37.0 Å². The molecule has 1 aromatic carbocycles. The Bertz CT molecular complexity index is 628. The van der Waals surface area contributed by atoms with Crippen LogP contribution in [0.4, 0.5) is 0 Å². The first-order valence-corrected chi connectivity index (χ1v) is 8.22. The van der Waals surface area contributed by atoms with Crippen LogP contribution < -0.4 is 0 Å². The molecule has 2 rings (SSSR count). The van der Waals surface area contributed by atoms with E-state index in [1.54, 1.807) is 28.6 Å². The van der Waals surface area contributed by atoms with Gasteiger partial charge in [0.2, 0.25) is 10.0 Å². The molecule has 1 heterocycles. The zero-order valence-corrected chi connectivity index (χ0v) is 12.4. The van der Waals surface area contributed by atoms with Gasteiger partial charge in [-0.25, -0.2) is 8.42 Å². The molecule has 1 aliphatic rings. The van der Waals surface area contributed by atoms with Crippen molar-refractivity contribution in [3.05, 3.63) is 29.8 Å². The number of hydrogen-bond donors (Lipinski definition) is 1. The molecule has 108 valence electrons. The number of sulfonamides is 1. The van der Waals surface area contributed by atoms with Crippen molar-refractivity contribution in [3.8, 4) is 11.8 Å². The van der Waals surface area contributed by atoms with Gasteiger partial charge in [-0.2, -0.15) is 4.31 Å². The average Bonchev–Trinajstić information content (AvgIpc) is 2.45. The van der Waals surface area contributed by atoms with Gasteiger partial charge < -0.3 is 5.11 Å². The number of aliphatic hydroxyl groups excluding tert-OH is 1. The summed E-state index contributed by atoms with van der Waals surface area (Å²) in [5.74, 6) is 5.23. The van der Waals surface area contributed by atoms with E-state index in [0.29, 0.717) is 12.1 Å². The van der Waals surface area contributed by atoms with Gasteiger partial charge in [0.05, 0.1) is 4.90 Å². The Morgan fingerprint density at radius 2 is 2.10 bits per heavy atom. The maximum Gasteiger partial charge on any atom is 0.244 e. The molecule has 0 radical (unpaired) electrons. The van der Waals surface area contributed by atoms with E-state index >= 15 is 0 Å². The standard InChI is InChI=1S/C15H19NO3S/c1-13-7-4-5-11-16(13)20(18,19)15-10-3-2-8-14(15)9-6-12-17/h2-3,8,10,13,17H,4-5,7,11-12H2,1H3. The van der Waals surface area contributed by atoms with E-state index in [0.717, 1.165) is 19.3 Å². The molecule has 4 nitrogen and oxygen atoms in total. The first-order valence-electron chi connectivity index (χ1n) is 6.78. The quantitative estimate of drug-likeness (QED) is 0.843. The van der Waals surface area contributed by atoms with Crippen molar-refractivity contribution in [2.75, 3.05) is 13.2 Å². The lowest BCUT2D eigenvalue weighted by atomic mass is 10.1. The highest BCUT2D eigenvalue weighted by Crippen LogP contribution is 2.26. The molecular formula is C15H19NO3S. The number of benzene rings is 1. The van der Waals surface area contributed by atoms with E-state index in [-0.39, 0.29) is 17.5 Å². The molecule has 0 saturated carbocycles. The third-order valence-electron chi connectivity index (χ3n) is 3.52. The molecule has 0 bridgehead atoms. The average molecular weight is 293 g/mol. The number of rotatable bonds is 2. The van der Waals surface area contributed by atoms with Crippen LogP contribution in [0.15, 0.2) is 29.2 Å². The van der Waals surface area contributed by atoms with E-state index in [2.05, 4.69) is 11.8 Å². The van der Waals surface area contributed by atoms with Crippen LogP contribution >= 0.6 is 0 Å². The van der Waals surface area contributed by atoms with Crippen LogP contribution in [0.25, 0.3) is 0 Å². The predicted octanol–water partition coefficient (Wildman–Crippen LogP) is 1.59. The summed E-state index contributed by atoms with van der Waals surface area (Å²) in [6.45, 7) is 2.22. The first kappa shape index (κ1) is 15.0. The Kier molecular flexibility index (Phi) is 4.81. The summed E-state index contributed by atoms with van der Waals surface area (Å²) in [4.78, 5) is 0.231. The number of aliphatic hydroxyl groups is 1. The second kappa shape index (κ2) is 6.40. The van der Waals surface area contributed by atoms with Crippen molar-refractivity contribution in [2.45, 2.75) is 37.1 Å². The SMILES string of the molecule is CC1CCCCN1S(=O)(=O)c1ccccc1C#CCO. The van der Waals surface area contributed by atoms with Gasteiger partial charge in [0.15, 0.2) is 0 Å². The lowest BCUT2D eigenvalue weighted by molar-refractivity contribution is 0.268. The highest BCUT2D eigenvalue weighted by atomic mass is 32.2. The molecule has 1 atom stereocenters. The number of piperidine rings is 1. The Morgan fingerprint density at radius 3 is 2.80 bits per heavy atom. The zero-order chi connectivity index (χ0) is 14.6. The summed E-state index contributed by atoms with van der Waals surface area (Å²) >= 11 is 0. The molecule has 0 aromatic heterocycles. The molecule has 0 aliphatic carbocycles. The fraction of sp³-hybridized carbons (Fsp3) is 0.467. The van der Waals surface area contributed by atoms with Crippen LogP contribution in [0, 0.1) is 11.8 Å². The second-order valence-corrected chi connectivity index (χ2v) is 6.78. The minimum Gasteiger partial charge on any atom is -0.384 e. The van der Waals surface area contributed by atoms with Crippen LogP contribution in [-0.2, 0) is 10.0 Å². The largest absolute Gasteiger partial charge is 0.384 e. The van der Waals surface area contributed by atoms with Gasteiger partial charge in [-0.1, -0.05) is 30.4 Å². The third kappa shape index (κ3) is 3.04. The lowest BCUT2D eigenvalue weighted by Gasteiger charge is -2.32. The summed E-state index contributed by atoms with van der Waals surface area (Å²) < 4.78 is 27.1. The van der Waals surface area contributed by atoms with E-state index < -0.39 is 10.0 Å². The van der Waals surface area contributed by atoms with Crippen molar-refractivity contribution in [1.29, 1.82) is 0 Å². The Morgan fingerprint density at radius 1 is 1.35 bits per heavy atom. The molecule has 1 saturated heterocycles. The molecule has 1 N–H and O–H groups in total. The van der Waals surface area contributed by atoms with Crippen molar-refractivity contribution >= 4 is 10.0 Å². The Labute approximate surface area is 120 Å². The summed E-state index contributed by atoms with van der Waals surface area (Å²) in [7, 11) is -3.52. The lowest BCUT2D eigenvalue weighted by Crippen LogP contribution is -2.42. The predicted molar refractivity (Wildman–Crippen MR) is 77.6 cm³/mol. The van der Waals surface area contributed by atoms with Crippen LogP contribution in [0.2, 0.25) is 0 Å². The third-order valence-corrected chi connectivity index (χ3v) is 5.59. The van der Waals surface area contributed by atoms with Gasteiger partial charge in [0.1, 0.15) is 6.61 Å². The summed E-state index contributed by atoms with van der Waals surface area (Å²) in [5, 5.41) is 8.78. The van der Waals surface area contributed by atoms with Gasteiger partial charge in [-0.3, -0.25) is 0 Å². The minimum atomic E-state index is -3.52. The molecule has 1 aromatic rings. The van der Waals surface area contributed by atoms with Crippen LogP contribution in [0.5, 0.6) is 0 Å². The molecule has 0 amide bonds. The number of nitrogens with zero attached hydrogens (tertiary/aromatic N) is 1.